The molecule has 0 aromatic carbocycles. The van der Waals surface area contributed by atoms with Gasteiger partial charge in [-0.15, -0.1) is 12.4 Å². The summed E-state index contributed by atoms with van der Waals surface area (Å²) in [6.45, 7) is 3.41. The largest absolute Gasteiger partial charge is 0.337 e. The van der Waals surface area contributed by atoms with Gasteiger partial charge in [0.25, 0.3) is 0 Å². The maximum atomic E-state index is 12.9. The van der Waals surface area contributed by atoms with Crippen LogP contribution in [0.15, 0.2) is 35.6 Å². The number of hydrogen-bond donors (Lipinski definition) is 1. The van der Waals surface area contributed by atoms with Gasteiger partial charge in [-0.05, 0) is 19.1 Å². The third kappa shape index (κ3) is 3.40. The third-order valence-corrected chi connectivity index (χ3v) is 5.73. The number of pyridine rings is 1. The Bertz CT molecular complexity index is 760. The first-order valence-corrected chi connectivity index (χ1v) is 8.56. The van der Waals surface area contributed by atoms with Gasteiger partial charge in [0.15, 0.2) is 0 Å². The lowest BCUT2D eigenvalue weighted by molar-refractivity contribution is 0.258. The van der Waals surface area contributed by atoms with E-state index in [1.807, 2.05) is 24.7 Å². The van der Waals surface area contributed by atoms with Gasteiger partial charge in [0, 0.05) is 51.0 Å². The van der Waals surface area contributed by atoms with Crippen molar-refractivity contribution < 1.29 is 8.42 Å². The van der Waals surface area contributed by atoms with Crippen molar-refractivity contribution in [2.45, 2.75) is 17.9 Å². The molecule has 126 valence electrons. The molecule has 1 aliphatic rings. The zero-order valence-corrected chi connectivity index (χ0v) is 14.6. The van der Waals surface area contributed by atoms with Crippen LogP contribution in [-0.2, 0) is 17.1 Å². The maximum absolute atomic E-state index is 12.9. The average molecular weight is 358 g/mol. The second-order valence-corrected chi connectivity index (χ2v) is 7.26. The number of hydrogen-bond acceptors (Lipinski definition) is 5. The van der Waals surface area contributed by atoms with Crippen molar-refractivity contribution in [3.05, 3.63) is 42.2 Å². The van der Waals surface area contributed by atoms with Crippen molar-refractivity contribution in [3.63, 3.8) is 0 Å². The molecule has 0 aliphatic carbocycles. The minimum Gasteiger partial charge on any atom is -0.337 e. The van der Waals surface area contributed by atoms with Crippen molar-refractivity contribution in [2.24, 2.45) is 7.05 Å². The highest BCUT2D eigenvalue weighted by Gasteiger charge is 2.36. The van der Waals surface area contributed by atoms with Gasteiger partial charge in [-0.1, -0.05) is 0 Å². The van der Waals surface area contributed by atoms with Crippen molar-refractivity contribution in [2.75, 3.05) is 19.6 Å². The number of piperazine rings is 1. The van der Waals surface area contributed by atoms with Gasteiger partial charge < -0.3 is 9.88 Å². The van der Waals surface area contributed by atoms with Gasteiger partial charge in [-0.25, -0.2) is 13.4 Å². The number of rotatable bonds is 3. The topological polar surface area (TPSA) is 80.1 Å². The van der Waals surface area contributed by atoms with Crippen molar-refractivity contribution in [1.29, 1.82) is 0 Å². The standard InChI is InChI=1S/C14H19N5O2S.ClH/c1-11-3-4-12(9-17-11)22(20,21)19-8-5-15-10-13(19)14-16-6-7-18(14)2;/h3-4,6-7,9,13,15H,5,8,10H2,1-2H3;1H. The first kappa shape index (κ1) is 17.9. The Morgan fingerprint density at radius 3 is 2.70 bits per heavy atom. The number of halogens is 1. The van der Waals surface area contributed by atoms with Crippen LogP contribution in [0.4, 0.5) is 0 Å². The highest BCUT2D eigenvalue weighted by Crippen LogP contribution is 2.27. The van der Waals surface area contributed by atoms with Crippen LogP contribution < -0.4 is 5.32 Å². The van der Waals surface area contributed by atoms with E-state index < -0.39 is 10.0 Å². The summed E-state index contributed by atoms with van der Waals surface area (Å²) in [7, 11) is -1.72. The minimum atomic E-state index is -3.59. The monoisotopic (exact) mass is 357 g/mol. The molecule has 9 heteroatoms. The molecule has 1 aliphatic heterocycles. The zero-order chi connectivity index (χ0) is 15.7. The molecular formula is C14H20ClN5O2S. The molecule has 0 bridgehead atoms. The molecule has 3 heterocycles. The van der Waals surface area contributed by atoms with E-state index in [0.717, 1.165) is 11.5 Å². The van der Waals surface area contributed by atoms with Crippen molar-refractivity contribution >= 4 is 22.4 Å². The lowest BCUT2D eigenvalue weighted by atomic mass is 10.2. The fourth-order valence-electron chi connectivity index (χ4n) is 2.63. The van der Waals surface area contributed by atoms with Gasteiger partial charge in [-0.3, -0.25) is 4.98 Å². The fraction of sp³-hybridized carbons (Fsp3) is 0.429. The fourth-order valence-corrected chi connectivity index (χ4v) is 4.17. The molecule has 0 saturated carbocycles. The summed E-state index contributed by atoms with van der Waals surface area (Å²) in [5, 5.41) is 3.24. The molecule has 2 aromatic heterocycles. The van der Waals surface area contributed by atoms with E-state index in [-0.39, 0.29) is 23.3 Å². The van der Waals surface area contributed by atoms with Crippen LogP contribution in [0.3, 0.4) is 0 Å². The summed E-state index contributed by atoms with van der Waals surface area (Å²) < 4.78 is 29.2. The number of nitrogens with zero attached hydrogens (tertiary/aromatic N) is 4. The Morgan fingerprint density at radius 2 is 2.09 bits per heavy atom. The van der Waals surface area contributed by atoms with E-state index in [2.05, 4.69) is 15.3 Å². The molecule has 1 N–H and O–H groups in total. The molecule has 1 atom stereocenters. The molecule has 0 radical (unpaired) electrons. The first-order valence-electron chi connectivity index (χ1n) is 7.12. The summed E-state index contributed by atoms with van der Waals surface area (Å²) in [6.07, 6.45) is 4.92. The number of nitrogens with one attached hydrogen (secondary N) is 1. The maximum Gasteiger partial charge on any atom is 0.245 e. The molecule has 1 saturated heterocycles. The van der Waals surface area contributed by atoms with Crippen LogP contribution in [0.25, 0.3) is 0 Å². The van der Waals surface area contributed by atoms with Crippen LogP contribution in [0, 0.1) is 6.92 Å². The molecule has 7 nitrogen and oxygen atoms in total. The third-order valence-electron chi connectivity index (χ3n) is 3.84. The zero-order valence-electron chi connectivity index (χ0n) is 13.0. The minimum absolute atomic E-state index is 0. The molecule has 0 spiro atoms. The van der Waals surface area contributed by atoms with Crippen LogP contribution in [0.2, 0.25) is 0 Å². The van der Waals surface area contributed by atoms with Crippen LogP contribution in [0.1, 0.15) is 17.6 Å². The molecular weight excluding hydrogens is 338 g/mol. The van der Waals surface area contributed by atoms with E-state index in [9.17, 15) is 8.42 Å². The Kier molecular flexibility index (Phi) is 5.41. The highest BCUT2D eigenvalue weighted by atomic mass is 35.5. The molecule has 23 heavy (non-hydrogen) atoms. The van der Waals surface area contributed by atoms with E-state index >= 15 is 0 Å². The van der Waals surface area contributed by atoms with Crippen LogP contribution in [-0.4, -0.2) is 46.9 Å². The van der Waals surface area contributed by atoms with E-state index in [0.29, 0.717) is 19.6 Å². The lowest BCUT2D eigenvalue weighted by Gasteiger charge is -2.34. The van der Waals surface area contributed by atoms with Crippen LogP contribution >= 0.6 is 12.4 Å². The van der Waals surface area contributed by atoms with Gasteiger partial charge in [-0.2, -0.15) is 4.31 Å². The summed E-state index contributed by atoms with van der Waals surface area (Å²) in [4.78, 5) is 8.64. The SMILES string of the molecule is Cc1ccc(S(=O)(=O)N2CCNCC2c2nccn2C)cn1.Cl. The quantitative estimate of drug-likeness (QED) is 0.882. The second-order valence-electron chi connectivity index (χ2n) is 5.37. The van der Waals surface area contributed by atoms with Crippen LogP contribution in [0.5, 0.6) is 0 Å². The first-order chi connectivity index (χ1) is 10.5. The summed E-state index contributed by atoms with van der Waals surface area (Å²) >= 11 is 0. The van der Waals surface area contributed by atoms with E-state index in [4.69, 9.17) is 0 Å². The number of aryl methyl sites for hydroxylation is 2. The number of sulfonamides is 1. The predicted molar refractivity (Wildman–Crippen MR) is 88.9 cm³/mol. The predicted octanol–water partition coefficient (Wildman–Crippen LogP) is 0.881. The van der Waals surface area contributed by atoms with E-state index in [1.165, 1.54) is 10.5 Å². The molecule has 0 amide bonds. The van der Waals surface area contributed by atoms with Crippen molar-refractivity contribution in [1.82, 2.24) is 24.2 Å². The average Bonchev–Trinajstić information content (AvgIpc) is 2.94. The number of imidazole rings is 1. The lowest BCUT2D eigenvalue weighted by Crippen LogP contribution is -2.49. The molecule has 1 unspecified atom stereocenters. The smallest absolute Gasteiger partial charge is 0.245 e. The van der Waals surface area contributed by atoms with Gasteiger partial charge >= 0.3 is 0 Å². The van der Waals surface area contributed by atoms with Gasteiger partial charge in [0.1, 0.15) is 10.7 Å². The second kappa shape index (κ2) is 6.96. The van der Waals surface area contributed by atoms with Gasteiger partial charge in [0.2, 0.25) is 10.0 Å². The number of aromatic nitrogens is 3. The molecule has 3 rings (SSSR count). The van der Waals surface area contributed by atoms with E-state index in [1.54, 1.807) is 18.3 Å². The Labute approximate surface area is 142 Å². The molecule has 2 aromatic rings. The molecule has 1 fully saturated rings. The highest BCUT2D eigenvalue weighted by molar-refractivity contribution is 7.89. The normalized spacial score (nSPS) is 19.3. The summed E-state index contributed by atoms with van der Waals surface area (Å²) in [6, 6.07) is 3.00. The summed E-state index contributed by atoms with van der Waals surface area (Å²) in [5.41, 5.74) is 0.792. The Balaban J connectivity index is 0.00000192. The Hall–Kier alpha value is -1.48. The van der Waals surface area contributed by atoms with Gasteiger partial charge in [0.05, 0.1) is 6.04 Å². The van der Waals surface area contributed by atoms with Crippen molar-refractivity contribution in [3.8, 4) is 0 Å². The Morgan fingerprint density at radius 1 is 1.30 bits per heavy atom. The summed E-state index contributed by atoms with van der Waals surface area (Å²) in [5.74, 6) is 0.732.